The summed E-state index contributed by atoms with van der Waals surface area (Å²) in [6.07, 6.45) is 4.62. The standard InChI is InChI=1S/C8H14O4S/c1-13(10,11)12-8-4-2-3-7(5-8)6-9/h6-8H,2-5H2,1H3. The monoisotopic (exact) mass is 206 g/mol. The maximum absolute atomic E-state index is 10.8. The van der Waals surface area contributed by atoms with Crippen LogP contribution in [0.4, 0.5) is 0 Å². The lowest BCUT2D eigenvalue weighted by atomic mass is 9.88. The summed E-state index contributed by atoms with van der Waals surface area (Å²) in [7, 11) is -3.37. The number of aldehydes is 1. The molecule has 1 aliphatic carbocycles. The van der Waals surface area contributed by atoms with Crippen molar-refractivity contribution in [3.05, 3.63) is 0 Å². The molecule has 0 radical (unpaired) electrons. The number of carbonyl (C=O) groups is 1. The molecule has 4 nitrogen and oxygen atoms in total. The molecule has 13 heavy (non-hydrogen) atoms. The zero-order chi connectivity index (χ0) is 9.90. The van der Waals surface area contributed by atoms with Crippen molar-refractivity contribution in [2.24, 2.45) is 5.92 Å². The van der Waals surface area contributed by atoms with E-state index in [9.17, 15) is 13.2 Å². The minimum Gasteiger partial charge on any atom is -0.303 e. The van der Waals surface area contributed by atoms with Gasteiger partial charge in [-0.1, -0.05) is 6.42 Å². The van der Waals surface area contributed by atoms with Crippen LogP contribution in [0.3, 0.4) is 0 Å². The summed E-state index contributed by atoms with van der Waals surface area (Å²) in [6, 6.07) is 0. The Kier molecular flexibility index (Phi) is 3.44. The quantitative estimate of drug-likeness (QED) is 0.504. The van der Waals surface area contributed by atoms with Gasteiger partial charge >= 0.3 is 0 Å². The van der Waals surface area contributed by atoms with Crippen LogP contribution in [0.25, 0.3) is 0 Å². The van der Waals surface area contributed by atoms with Crippen LogP contribution >= 0.6 is 0 Å². The van der Waals surface area contributed by atoms with E-state index in [1.165, 1.54) is 0 Å². The van der Waals surface area contributed by atoms with Crippen LogP contribution in [-0.2, 0) is 19.1 Å². The maximum atomic E-state index is 10.8. The first kappa shape index (κ1) is 10.7. The molecule has 0 aliphatic heterocycles. The van der Waals surface area contributed by atoms with Crippen molar-refractivity contribution in [3.63, 3.8) is 0 Å². The van der Waals surface area contributed by atoms with E-state index >= 15 is 0 Å². The van der Waals surface area contributed by atoms with E-state index in [0.29, 0.717) is 6.42 Å². The van der Waals surface area contributed by atoms with Crippen LogP contribution in [0.5, 0.6) is 0 Å². The van der Waals surface area contributed by atoms with Gasteiger partial charge in [0.1, 0.15) is 6.29 Å². The number of carbonyl (C=O) groups excluding carboxylic acids is 1. The van der Waals surface area contributed by atoms with Crippen LogP contribution in [0.2, 0.25) is 0 Å². The van der Waals surface area contributed by atoms with Crippen LogP contribution in [-0.4, -0.2) is 27.1 Å². The van der Waals surface area contributed by atoms with Gasteiger partial charge in [0.25, 0.3) is 10.1 Å². The fourth-order valence-corrected chi connectivity index (χ4v) is 2.31. The molecule has 0 N–H and O–H groups in total. The Labute approximate surface area is 78.4 Å². The van der Waals surface area contributed by atoms with Crippen LogP contribution in [0.15, 0.2) is 0 Å². The summed E-state index contributed by atoms with van der Waals surface area (Å²) >= 11 is 0. The van der Waals surface area contributed by atoms with Crippen molar-refractivity contribution in [1.29, 1.82) is 0 Å². The van der Waals surface area contributed by atoms with Gasteiger partial charge in [-0.05, 0) is 19.3 Å². The Morgan fingerprint density at radius 3 is 2.62 bits per heavy atom. The first-order chi connectivity index (χ1) is 6.01. The first-order valence-electron chi connectivity index (χ1n) is 4.35. The number of hydrogen-bond donors (Lipinski definition) is 0. The zero-order valence-electron chi connectivity index (χ0n) is 7.60. The average molecular weight is 206 g/mol. The Morgan fingerprint density at radius 1 is 1.38 bits per heavy atom. The van der Waals surface area contributed by atoms with Crippen molar-refractivity contribution < 1.29 is 17.4 Å². The summed E-state index contributed by atoms with van der Waals surface area (Å²) in [5.74, 6) is -0.0273. The Morgan fingerprint density at radius 2 is 2.08 bits per heavy atom. The van der Waals surface area contributed by atoms with Crippen molar-refractivity contribution in [2.75, 3.05) is 6.26 Å². The fraction of sp³-hybridized carbons (Fsp3) is 0.875. The Bertz CT molecular complexity index is 270. The van der Waals surface area contributed by atoms with Gasteiger partial charge in [0.2, 0.25) is 0 Å². The van der Waals surface area contributed by atoms with Gasteiger partial charge in [-0.15, -0.1) is 0 Å². The molecule has 1 saturated carbocycles. The molecule has 0 aromatic rings. The van der Waals surface area contributed by atoms with Gasteiger partial charge in [0, 0.05) is 5.92 Å². The van der Waals surface area contributed by atoms with Crippen molar-refractivity contribution >= 4 is 16.4 Å². The molecular formula is C8H14O4S. The molecule has 0 aromatic heterocycles. The van der Waals surface area contributed by atoms with Gasteiger partial charge < -0.3 is 4.79 Å². The molecule has 0 spiro atoms. The van der Waals surface area contributed by atoms with E-state index in [4.69, 9.17) is 4.18 Å². The van der Waals surface area contributed by atoms with E-state index in [1.54, 1.807) is 0 Å². The molecule has 1 aliphatic rings. The van der Waals surface area contributed by atoms with Gasteiger partial charge in [-0.25, -0.2) is 0 Å². The third-order valence-corrected chi connectivity index (χ3v) is 2.79. The SMILES string of the molecule is CS(=O)(=O)OC1CCCC(C=O)C1. The molecule has 0 heterocycles. The first-order valence-corrected chi connectivity index (χ1v) is 6.16. The van der Waals surface area contributed by atoms with E-state index in [-0.39, 0.29) is 12.0 Å². The average Bonchev–Trinajstić information content (AvgIpc) is 2.01. The fourth-order valence-electron chi connectivity index (χ4n) is 1.64. The zero-order valence-corrected chi connectivity index (χ0v) is 8.42. The lowest BCUT2D eigenvalue weighted by Crippen LogP contribution is -2.25. The van der Waals surface area contributed by atoms with Crippen molar-refractivity contribution in [1.82, 2.24) is 0 Å². The summed E-state index contributed by atoms with van der Waals surface area (Å²) in [5.41, 5.74) is 0. The molecule has 0 saturated heterocycles. The lowest BCUT2D eigenvalue weighted by molar-refractivity contribution is -0.112. The molecule has 76 valence electrons. The molecule has 0 bridgehead atoms. The Hall–Kier alpha value is -0.420. The molecule has 2 atom stereocenters. The van der Waals surface area contributed by atoms with E-state index < -0.39 is 10.1 Å². The van der Waals surface area contributed by atoms with Gasteiger partial charge in [0.15, 0.2) is 0 Å². The molecule has 1 fully saturated rings. The summed E-state index contributed by atoms with van der Waals surface area (Å²) in [6.45, 7) is 0. The highest BCUT2D eigenvalue weighted by atomic mass is 32.2. The lowest BCUT2D eigenvalue weighted by Gasteiger charge is -2.24. The van der Waals surface area contributed by atoms with E-state index in [2.05, 4.69) is 0 Å². The van der Waals surface area contributed by atoms with Crippen molar-refractivity contribution in [3.8, 4) is 0 Å². The minimum absolute atomic E-state index is 0.0273. The van der Waals surface area contributed by atoms with Crippen LogP contribution in [0, 0.1) is 5.92 Å². The smallest absolute Gasteiger partial charge is 0.264 e. The third kappa shape index (κ3) is 3.87. The molecular weight excluding hydrogens is 192 g/mol. The second-order valence-electron chi connectivity index (χ2n) is 3.49. The third-order valence-electron chi connectivity index (χ3n) is 2.17. The summed E-state index contributed by atoms with van der Waals surface area (Å²) in [5, 5.41) is 0. The topological polar surface area (TPSA) is 60.4 Å². The molecule has 5 heteroatoms. The van der Waals surface area contributed by atoms with Crippen LogP contribution < -0.4 is 0 Å². The number of hydrogen-bond acceptors (Lipinski definition) is 4. The summed E-state index contributed by atoms with van der Waals surface area (Å²) < 4.78 is 26.4. The molecule has 0 aromatic carbocycles. The predicted molar refractivity (Wildman–Crippen MR) is 47.7 cm³/mol. The van der Waals surface area contributed by atoms with Crippen molar-refractivity contribution in [2.45, 2.75) is 31.8 Å². The van der Waals surface area contributed by atoms with Gasteiger partial charge in [-0.2, -0.15) is 8.42 Å². The molecule has 0 amide bonds. The predicted octanol–water partition coefficient (Wildman–Crippen LogP) is 0.720. The number of rotatable bonds is 3. The van der Waals surface area contributed by atoms with Crippen LogP contribution in [0.1, 0.15) is 25.7 Å². The highest BCUT2D eigenvalue weighted by molar-refractivity contribution is 7.86. The van der Waals surface area contributed by atoms with E-state index in [0.717, 1.165) is 31.8 Å². The highest BCUT2D eigenvalue weighted by Crippen LogP contribution is 2.25. The maximum Gasteiger partial charge on any atom is 0.264 e. The van der Waals surface area contributed by atoms with Gasteiger partial charge in [-0.3, -0.25) is 4.18 Å². The minimum atomic E-state index is -3.37. The largest absolute Gasteiger partial charge is 0.303 e. The highest BCUT2D eigenvalue weighted by Gasteiger charge is 2.24. The Balaban J connectivity index is 2.47. The summed E-state index contributed by atoms with van der Waals surface area (Å²) in [4.78, 5) is 10.5. The molecule has 1 rings (SSSR count). The second-order valence-corrected chi connectivity index (χ2v) is 5.09. The van der Waals surface area contributed by atoms with Gasteiger partial charge in [0.05, 0.1) is 12.4 Å². The van der Waals surface area contributed by atoms with E-state index in [1.807, 2.05) is 0 Å². The molecule has 2 unspecified atom stereocenters. The second kappa shape index (κ2) is 4.19. The normalized spacial score (nSPS) is 29.9.